The minimum atomic E-state index is -0.0665. The second-order valence-corrected chi connectivity index (χ2v) is 5.10. The lowest BCUT2D eigenvalue weighted by Gasteiger charge is -2.09. The van der Waals surface area contributed by atoms with Gasteiger partial charge in [-0.3, -0.25) is 4.79 Å². The van der Waals surface area contributed by atoms with Crippen molar-refractivity contribution in [3.63, 3.8) is 0 Å². The Balaban J connectivity index is 2.35. The van der Waals surface area contributed by atoms with Crippen molar-refractivity contribution in [3.05, 3.63) is 29.8 Å². The van der Waals surface area contributed by atoms with Crippen molar-refractivity contribution < 1.29 is 9.53 Å². The van der Waals surface area contributed by atoms with Crippen LogP contribution in [0.5, 0.6) is 5.75 Å². The molecule has 4 heteroatoms. The number of benzene rings is 1. The molecular formula is C16H26N2O2. The van der Waals surface area contributed by atoms with Crippen molar-refractivity contribution in [1.29, 1.82) is 0 Å². The Kier molecular flexibility index (Phi) is 7.73. The second kappa shape index (κ2) is 9.37. The number of carbonyl (C=O) groups excluding carboxylic acids is 1. The molecule has 1 atom stereocenters. The third kappa shape index (κ3) is 6.57. The molecule has 20 heavy (non-hydrogen) atoms. The molecule has 0 bridgehead atoms. The van der Waals surface area contributed by atoms with E-state index in [4.69, 9.17) is 10.5 Å². The van der Waals surface area contributed by atoms with Crippen LogP contribution in [0.15, 0.2) is 24.3 Å². The summed E-state index contributed by atoms with van der Waals surface area (Å²) >= 11 is 0. The first-order valence-electron chi connectivity index (χ1n) is 7.40. The Morgan fingerprint density at radius 1 is 1.30 bits per heavy atom. The number of rotatable bonds is 9. The predicted molar refractivity (Wildman–Crippen MR) is 82.1 cm³/mol. The van der Waals surface area contributed by atoms with Crippen LogP contribution in [0, 0.1) is 0 Å². The van der Waals surface area contributed by atoms with Crippen molar-refractivity contribution in [2.45, 2.75) is 45.6 Å². The Morgan fingerprint density at radius 3 is 2.60 bits per heavy atom. The van der Waals surface area contributed by atoms with Gasteiger partial charge < -0.3 is 15.8 Å². The summed E-state index contributed by atoms with van der Waals surface area (Å²) in [6.07, 6.45) is 4.21. The van der Waals surface area contributed by atoms with Gasteiger partial charge in [0.25, 0.3) is 5.91 Å². The summed E-state index contributed by atoms with van der Waals surface area (Å²) in [5, 5.41) is 2.85. The van der Waals surface area contributed by atoms with Gasteiger partial charge in [0.1, 0.15) is 5.75 Å². The van der Waals surface area contributed by atoms with Gasteiger partial charge in [-0.25, -0.2) is 0 Å². The Bertz CT molecular complexity index is 388. The van der Waals surface area contributed by atoms with Crippen LogP contribution in [-0.4, -0.2) is 25.1 Å². The molecule has 1 aromatic carbocycles. The monoisotopic (exact) mass is 278 g/mol. The van der Waals surface area contributed by atoms with Crippen LogP contribution in [0.25, 0.3) is 0 Å². The first kappa shape index (κ1) is 16.5. The third-order valence-electron chi connectivity index (χ3n) is 3.02. The fourth-order valence-electron chi connectivity index (χ4n) is 1.76. The number of hydrogen-bond acceptors (Lipinski definition) is 3. The Morgan fingerprint density at radius 2 is 2.00 bits per heavy atom. The smallest absolute Gasteiger partial charge is 0.251 e. The summed E-state index contributed by atoms with van der Waals surface area (Å²) < 4.78 is 5.61. The van der Waals surface area contributed by atoms with Crippen molar-refractivity contribution in [2.75, 3.05) is 13.2 Å². The molecule has 1 rings (SSSR count). The van der Waals surface area contributed by atoms with E-state index in [0.29, 0.717) is 12.1 Å². The fourth-order valence-corrected chi connectivity index (χ4v) is 1.76. The lowest BCUT2D eigenvalue weighted by Crippen LogP contribution is -2.28. The number of nitrogens with one attached hydrogen (secondary N) is 1. The molecule has 0 radical (unpaired) electrons. The maximum Gasteiger partial charge on any atom is 0.251 e. The number of unbranched alkanes of at least 4 members (excludes halogenated alkanes) is 2. The summed E-state index contributed by atoms with van der Waals surface area (Å²) in [5.41, 5.74) is 6.29. The normalized spacial score (nSPS) is 11.9. The highest BCUT2D eigenvalue weighted by atomic mass is 16.5. The van der Waals surface area contributed by atoms with E-state index in [-0.39, 0.29) is 11.9 Å². The lowest BCUT2D eigenvalue weighted by atomic mass is 10.2. The van der Waals surface area contributed by atoms with Crippen LogP contribution in [0.3, 0.4) is 0 Å². The molecule has 0 spiro atoms. The van der Waals surface area contributed by atoms with Gasteiger partial charge in [0.15, 0.2) is 0 Å². The average Bonchev–Trinajstić information content (AvgIpc) is 2.44. The van der Waals surface area contributed by atoms with Crippen LogP contribution < -0.4 is 15.8 Å². The van der Waals surface area contributed by atoms with Crippen LogP contribution in [0.1, 0.15) is 49.9 Å². The molecule has 3 N–H and O–H groups in total. The number of nitrogens with two attached hydrogens (primary N) is 1. The highest BCUT2D eigenvalue weighted by molar-refractivity contribution is 5.94. The second-order valence-electron chi connectivity index (χ2n) is 5.10. The molecule has 0 aliphatic heterocycles. The maximum atomic E-state index is 11.8. The van der Waals surface area contributed by atoms with Gasteiger partial charge in [-0.05, 0) is 44.0 Å². The number of ether oxygens (including phenoxy) is 1. The van der Waals surface area contributed by atoms with E-state index in [1.54, 1.807) is 12.1 Å². The van der Waals surface area contributed by atoms with Crippen LogP contribution in [0.4, 0.5) is 0 Å². The Hall–Kier alpha value is -1.55. The number of amides is 1. The molecule has 0 aliphatic carbocycles. The van der Waals surface area contributed by atoms with Gasteiger partial charge in [-0.2, -0.15) is 0 Å². The van der Waals surface area contributed by atoms with E-state index < -0.39 is 0 Å². The third-order valence-corrected chi connectivity index (χ3v) is 3.02. The molecule has 0 fully saturated rings. The molecular weight excluding hydrogens is 252 g/mol. The van der Waals surface area contributed by atoms with E-state index in [9.17, 15) is 4.79 Å². The van der Waals surface area contributed by atoms with Gasteiger partial charge in [0.2, 0.25) is 0 Å². The molecule has 0 saturated heterocycles. The van der Waals surface area contributed by atoms with Crippen molar-refractivity contribution in [1.82, 2.24) is 5.32 Å². The summed E-state index contributed by atoms with van der Waals surface area (Å²) in [6, 6.07) is 7.36. The molecule has 1 unspecified atom stereocenters. The van der Waals surface area contributed by atoms with E-state index in [1.807, 2.05) is 19.1 Å². The summed E-state index contributed by atoms with van der Waals surface area (Å²) in [7, 11) is 0. The van der Waals surface area contributed by atoms with Crippen molar-refractivity contribution >= 4 is 5.91 Å². The largest absolute Gasteiger partial charge is 0.494 e. The van der Waals surface area contributed by atoms with Crippen LogP contribution in [-0.2, 0) is 0 Å². The molecule has 0 aromatic heterocycles. The minimum Gasteiger partial charge on any atom is -0.494 e. The molecule has 112 valence electrons. The van der Waals surface area contributed by atoms with Crippen molar-refractivity contribution in [2.24, 2.45) is 5.73 Å². The van der Waals surface area contributed by atoms with E-state index in [0.717, 1.165) is 25.2 Å². The molecule has 1 aromatic rings. The van der Waals surface area contributed by atoms with Gasteiger partial charge >= 0.3 is 0 Å². The predicted octanol–water partition coefficient (Wildman–Crippen LogP) is 2.72. The molecule has 4 nitrogen and oxygen atoms in total. The van der Waals surface area contributed by atoms with E-state index in [1.165, 1.54) is 12.8 Å². The summed E-state index contributed by atoms with van der Waals surface area (Å²) in [4.78, 5) is 11.8. The molecule has 0 heterocycles. The first-order chi connectivity index (χ1) is 9.63. The van der Waals surface area contributed by atoms with Crippen molar-refractivity contribution in [3.8, 4) is 5.75 Å². The lowest BCUT2D eigenvalue weighted by molar-refractivity contribution is 0.0953. The first-order valence-corrected chi connectivity index (χ1v) is 7.40. The minimum absolute atomic E-state index is 0.0665. The quantitative estimate of drug-likeness (QED) is 0.683. The number of hydrogen-bond donors (Lipinski definition) is 2. The standard InChI is InChI=1S/C16H26N2O2/c1-3-4-5-12-20-15-8-6-14(7-9-15)16(19)18-11-10-13(2)17/h6-9,13H,3-5,10-12,17H2,1-2H3,(H,18,19). The zero-order chi connectivity index (χ0) is 14.8. The van der Waals surface area contributed by atoms with E-state index >= 15 is 0 Å². The zero-order valence-electron chi connectivity index (χ0n) is 12.5. The van der Waals surface area contributed by atoms with Crippen LogP contribution >= 0.6 is 0 Å². The van der Waals surface area contributed by atoms with Crippen LogP contribution in [0.2, 0.25) is 0 Å². The summed E-state index contributed by atoms with van der Waals surface area (Å²) in [6.45, 7) is 5.43. The SMILES string of the molecule is CCCCCOc1ccc(C(=O)NCCC(C)N)cc1. The highest BCUT2D eigenvalue weighted by Gasteiger charge is 2.05. The number of carbonyl (C=O) groups is 1. The van der Waals surface area contributed by atoms with Gasteiger partial charge in [0, 0.05) is 18.2 Å². The van der Waals surface area contributed by atoms with Gasteiger partial charge in [-0.15, -0.1) is 0 Å². The topological polar surface area (TPSA) is 64.3 Å². The van der Waals surface area contributed by atoms with Gasteiger partial charge in [0.05, 0.1) is 6.61 Å². The molecule has 0 saturated carbocycles. The maximum absolute atomic E-state index is 11.8. The highest BCUT2D eigenvalue weighted by Crippen LogP contribution is 2.13. The van der Waals surface area contributed by atoms with Gasteiger partial charge in [-0.1, -0.05) is 19.8 Å². The molecule has 0 aliphatic rings. The summed E-state index contributed by atoms with van der Waals surface area (Å²) in [5.74, 6) is 0.747. The zero-order valence-corrected chi connectivity index (χ0v) is 12.5. The molecule has 1 amide bonds. The average molecular weight is 278 g/mol. The van der Waals surface area contributed by atoms with E-state index in [2.05, 4.69) is 12.2 Å². The fraction of sp³-hybridized carbons (Fsp3) is 0.562. The Labute approximate surface area is 121 Å².